The van der Waals surface area contributed by atoms with Gasteiger partial charge in [-0.25, -0.2) is 4.39 Å². The third-order valence-corrected chi connectivity index (χ3v) is 5.02. The van der Waals surface area contributed by atoms with E-state index in [4.69, 9.17) is 11.6 Å². The number of fused-ring (bicyclic) bond motifs is 1. The van der Waals surface area contributed by atoms with Crippen LogP contribution in [0.5, 0.6) is 0 Å². The highest BCUT2D eigenvalue weighted by atomic mass is 35.5. The molecule has 0 N–H and O–H groups in total. The van der Waals surface area contributed by atoms with Crippen LogP contribution in [0.2, 0.25) is 5.02 Å². The van der Waals surface area contributed by atoms with Gasteiger partial charge in [0.15, 0.2) is 0 Å². The summed E-state index contributed by atoms with van der Waals surface area (Å²) in [5, 5.41) is 9.54. The molecule has 0 atom stereocenters. The monoisotopic (exact) mass is 374 g/mol. The molecule has 2 aliphatic heterocycles. The molecular formula is C23H16ClFN2. The van der Waals surface area contributed by atoms with E-state index in [1.807, 2.05) is 41.5 Å². The van der Waals surface area contributed by atoms with E-state index in [-0.39, 0.29) is 5.02 Å². The second-order valence-electron chi connectivity index (χ2n) is 6.37. The molecule has 0 amide bonds. The summed E-state index contributed by atoms with van der Waals surface area (Å²) >= 11 is 6.01. The van der Waals surface area contributed by atoms with Crippen molar-refractivity contribution in [2.75, 3.05) is 0 Å². The number of hydrogen-bond acceptors (Lipinski definition) is 2. The van der Waals surface area contributed by atoms with Crippen LogP contribution in [0, 0.1) is 17.1 Å². The van der Waals surface area contributed by atoms with Crippen LogP contribution in [0.25, 0.3) is 5.57 Å². The predicted octanol–water partition coefficient (Wildman–Crippen LogP) is 6.20. The van der Waals surface area contributed by atoms with Gasteiger partial charge in [-0.15, -0.1) is 0 Å². The lowest BCUT2D eigenvalue weighted by Gasteiger charge is -2.28. The minimum absolute atomic E-state index is 0.112. The largest absolute Gasteiger partial charge is 0.308 e. The highest BCUT2D eigenvalue weighted by Crippen LogP contribution is 2.35. The normalized spacial score (nSPS) is 18.4. The fourth-order valence-electron chi connectivity index (χ4n) is 3.39. The molecule has 27 heavy (non-hydrogen) atoms. The average Bonchev–Trinajstić information content (AvgIpc) is 2.95. The fourth-order valence-corrected chi connectivity index (χ4v) is 3.57. The number of rotatable bonds is 2. The van der Waals surface area contributed by atoms with E-state index in [0.717, 1.165) is 34.4 Å². The summed E-state index contributed by atoms with van der Waals surface area (Å²) in [5.41, 5.74) is 5.59. The molecule has 0 radical (unpaired) electrons. The molecule has 4 rings (SSSR count). The maximum absolute atomic E-state index is 13.6. The van der Waals surface area contributed by atoms with E-state index in [1.54, 1.807) is 12.1 Å². The quantitative estimate of drug-likeness (QED) is 0.616. The number of nitriles is 1. The summed E-state index contributed by atoms with van der Waals surface area (Å²) in [6.45, 7) is 0. The molecule has 3 aliphatic rings. The number of hydrogen-bond donors (Lipinski definition) is 0. The molecule has 0 saturated carbocycles. The molecule has 0 fully saturated rings. The molecule has 0 aromatic heterocycles. The maximum Gasteiger partial charge on any atom is 0.141 e. The van der Waals surface area contributed by atoms with Gasteiger partial charge in [-0.2, -0.15) is 5.26 Å². The van der Waals surface area contributed by atoms with Gasteiger partial charge in [0.25, 0.3) is 0 Å². The third kappa shape index (κ3) is 3.32. The Morgan fingerprint density at radius 2 is 2.00 bits per heavy atom. The molecule has 1 aromatic rings. The fraction of sp³-hybridized carbons (Fsp3) is 0.0870. The van der Waals surface area contributed by atoms with Crippen molar-refractivity contribution in [1.82, 2.24) is 4.90 Å². The lowest BCUT2D eigenvalue weighted by molar-refractivity contribution is 0.591. The molecule has 0 spiro atoms. The molecule has 2 nitrogen and oxygen atoms in total. The minimum atomic E-state index is -0.425. The molecule has 0 saturated heterocycles. The van der Waals surface area contributed by atoms with Crippen LogP contribution in [0.3, 0.4) is 0 Å². The zero-order valence-electron chi connectivity index (χ0n) is 14.5. The number of nitrogens with zero attached hydrogens (tertiary/aromatic N) is 2. The zero-order chi connectivity index (χ0) is 18.8. The lowest BCUT2D eigenvalue weighted by atomic mass is 9.91. The van der Waals surface area contributed by atoms with E-state index in [2.05, 4.69) is 24.3 Å². The van der Waals surface area contributed by atoms with E-state index < -0.39 is 5.82 Å². The van der Waals surface area contributed by atoms with Gasteiger partial charge in [0.1, 0.15) is 17.6 Å². The van der Waals surface area contributed by atoms with Crippen LogP contribution in [-0.2, 0) is 0 Å². The first-order valence-electron chi connectivity index (χ1n) is 8.69. The van der Waals surface area contributed by atoms with Crippen molar-refractivity contribution in [2.24, 2.45) is 0 Å². The van der Waals surface area contributed by atoms with Crippen molar-refractivity contribution >= 4 is 17.2 Å². The number of allylic oxidation sites excluding steroid dienone is 12. The Labute approximate surface area is 162 Å². The first-order valence-corrected chi connectivity index (χ1v) is 9.07. The van der Waals surface area contributed by atoms with Gasteiger partial charge in [-0.05, 0) is 59.4 Å². The first-order chi connectivity index (χ1) is 13.2. The molecule has 1 aliphatic carbocycles. The van der Waals surface area contributed by atoms with Crippen molar-refractivity contribution in [2.45, 2.75) is 12.8 Å². The first kappa shape index (κ1) is 17.3. The third-order valence-electron chi connectivity index (χ3n) is 4.73. The van der Waals surface area contributed by atoms with Crippen molar-refractivity contribution in [3.8, 4) is 6.07 Å². The SMILES string of the molecule is N#CC1=CCC=C2C=CC(C3=C(c4ccc(F)c(Cl)c4)CC=CC=C3)=CN12. The van der Waals surface area contributed by atoms with E-state index in [1.165, 1.54) is 6.07 Å². The maximum atomic E-state index is 13.6. The second-order valence-corrected chi connectivity index (χ2v) is 6.77. The molecule has 2 heterocycles. The summed E-state index contributed by atoms with van der Waals surface area (Å²) in [6, 6.07) is 7.07. The summed E-state index contributed by atoms with van der Waals surface area (Å²) in [5.74, 6) is -0.425. The molecular weight excluding hydrogens is 359 g/mol. The molecule has 0 bridgehead atoms. The predicted molar refractivity (Wildman–Crippen MR) is 107 cm³/mol. The lowest BCUT2D eigenvalue weighted by Crippen LogP contribution is -2.20. The summed E-state index contributed by atoms with van der Waals surface area (Å²) in [7, 11) is 0. The van der Waals surface area contributed by atoms with Gasteiger partial charge in [-0.1, -0.05) is 54.1 Å². The standard InChI is InChI=1S/C23H16ClFN2/c24-22-13-16(10-12-23(22)25)20-7-2-1-3-8-21(20)17-9-11-18-5-4-6-19(14-26)27(18)15-17/h1-3,5-6,8-13,15H,4,7H2. The van der Waals surface area contributed by atoms with Crippen molar-refractivity contribution in [3.63, 3.8) is 0 Å². The van der Waals surface area contributed by atoms with Crippen molar-refractivity contribution in [3.05, 3.63) is 112 Å². The van der Waals surface area contributed by atoms with Crippen molar-refractivity contribution in [1.29, 1.82) is 5.26 Å². The Bertz CT molecular complexity index is 1060. The minimum Gasteiger partial charge on any atom is -0.308 e. The van der Waals surface area contributed by atoms with E-state index in [0.29, 0.717) is 12.1 Å². The van der Waals surface area contributed by atoms with E-state index >= 15 is 0 Å². The highest BCUT2D eigenvalue weighted by Gasteiger charge is 2.20. The number of benzene rings is 1. The van der Waals surface area contributed by atoms with Gasteiger partial charge >= 0.3 is 0 Å². The molecule has 1 aromatic carbocycles. The van der Waals surface area contributed by atoms with Crippen LogP contribution in [-0.4, -0.2) is 4.90 Å². The summed E-state index contributed by atoms with van der Waals surface area (Å²) in [6.07, 6.45) is 19.6. The molecule has 0 unspecified atom stereocenters. The Kier molecular flexibility index (Phi) is 4.66. The summed E-state index contributed by atoms with van der Waals surface area (Å²) in [4.78, 5) is 1.91. The Hall–Kier alpha value is -3.09. The van der Waals surface area contributed by atoms with Crippen molar-refractivity contribution < 1.29 is 4.39 Å². The van der Waals surface area contributed by atoms with Gasteiger partial charge < -0.3 is 4.90 Å². The Balaban J connectivity index is 1.83. The van der Waals surface area contributed by atoms with Crippen LogP contribution in [0.15, 0.2) is 95.5 Å². The molecule has 132 valence electrons. The van der Waals surface area contributed by atoms with Crippen LogP contribution in [0.4, 0.5) is 4.39 Å². The van der Waals surface area contributed by atoms with Gasteiger partial charge in [0.2, 0.25) is 0 Å². The smallest absolute Gasteiger partial charge is 0.141 e. The second kappa shape index (κ2) is 7.26. The van der Waals surface area contributed by atoms with Gasteiger partial charge in [-0.3, -0.25) is 0 Å². The highest BCUT2D eigenvalue weighted by molar-refractivity contribution is 6.30. The Morgan fingerprint density at radius 3 is 2.81 bits per heavy atom. The number of halogens is 2. The van der Waals surface area contributed by atoms with Crippen LogP contribution < -0.4 is 0 Å². The zero-order valence-corrected chi connectivity index (χ0v) is 15.2. The van der Waals surface area contributed by atoms with Gasteiger partial charge in [0, 0.05) is 11.9 Å². The Morgan fingerprint density at radius 1 is 1.11 bits per heavy atom. The molecule has 4 heteroatoms. The van der Waals surface area contributed by atoms with Gasteiger partial charge in [0.05, 0.1) is 5.02 Å². The topological polar surface area (TPSA) is 27.0 Å². The van der Waals surface area contributed by atoms with Crippen LogP contribution in [0.1, 0.15) is 18.4 Å². The van der Waals surface area contributed by atoms with Crippen LogP contribution >= 0.6 is 11.6 Å². The average molecular weight is 375 g/mol. The van der Waals surface area contributed by atoms with E-state index in [9.17, 15) is 9.65 Å². The summed E-state index contributed by atoms with van der Waals surface area (Å²) < 4.78 is 13.6.